The smallest absolute Gasteiger partial charge is 0.303 e. The molecule has 0 saturated heterocycles. The second kappa shape index (κ2) is 3.97. The predicted molar refractivity (Wildman–Crippen MR) is 61.7 cm³/mol. The van der Waals surface area contributed by atoms with Crippen LogP contribution >= 0.6 is 11.3 Å². The molecule has 0 saturated carbocycles. The zero-order valence-corrected chi connectivity index (χ0v) is 9.93. The first-order chi connectivity index (χ1) is 7.08. The average molecular weight is 224 g/mol. The van der Waals surface area contributed by atoms with Crippen molar-refractivity contribution >= 4 is 17.3 Å². The van der Waals surface area contributed by atoms with Gasteiger partial charge in [0.25, 0.3) is 0 Å². The first kappa shape index (κ1) is 10.7. The van der Waals surface area contributed by atoms with E-state index in [0.717, 1.165) is 12.8 Å². The van der Waals surface area contributed by atoms with Crippen molar-refractivity contribution in [2.24, 2.45) is 0 Å². The number of thiophene rings is 1. The van der Waals surface area contributed by atoms with Crippen LogP contribution < -0.4 is 0 Å². The minimum atomic E-state index is -0.676. The lowest BCUT2D eigenvalue weighted by Gasteiger charge is -2.06. The average Bonchev–Trinajstić information content (AvgIpc) is 2.66. The summed E-state index contributed by atoms with van der Waals surface area (Å²) in [5.41, 5.74) is 1.31. The molecule has 1 aromatic rings. The SMILES string of the molecule is CC(C)c1cc2c(s1)CCC2CC(=O)O. The molecular weight excluding hydrogens is 208 g/mol. The minimum absolute atomic E-state index is 0.265. The second-order valence-electron chi connectivity index (χ2n) is 4.52. The van der Waals surface area contributed by atoms with Gasteiger partial charge in [0.1, 0.15) is 0 Å². The van der Waals surface area contributed by atoms with E-state index in [1.165, 1.54) is 15.3 Å². The summed E-state index contributed by atoms with van der Waals surface area (Å²) in [7, 11) is 0. The Hall–Kier alpha value is -0.830. The van der Waals surface area contributed by atoms with Crippen molar-refractivity contribution in [3.05, 3.63) is 21.4 Å². The molecule has 0 radical (unpaired) electrons. The van der Waals surface area contributed by atoms with Crippen LogP contribution in [0.4, 0.5) is 0 Å². The largest absolute Gasteiger partial charge is 0.481 e. The molecule has 2 rings (SSSR count). The van der Waals surface area contributed by atoms with E-state index in [4.69, 9.17) is 5.11 Å². The first-order valence-corrected chi connectivity index (χ1v) is 6.24. The Bertz CT molecular complexity index is 379. The number of aryl methyl sites for hydroxylation is 1. The number of fused-ring (bicyclic) bond motifs is 1. The molecule has 1 aliphatic rings. The van der Waals surface area contributed by atoms with Gasteiger partial charge in [-0.3, -0.25) is 4.79 Å². The van der Waals surface area contributed by atoms with E-state index < -0.39 is 5.97 Å². The summed E-state index contributed by atoms with van der Waals surface area (Å²) < 4.78 is 0. The minimum Gasteiger partial charge on any atom is -0.481 e. The summed E-state index contributed by atoms with van der Waals surface area (Å²) in [6, 6.07) is 2.23. The molecule has 1 N–H and O–H groups in total. The van der Waals surface area contributed by atoms with Crippen LogP contribution in [0.3, 0.4) is 0 Å². The fourth-order valence-corrected chi connectivity index (χ4v) is 3.44. The van der Waals surface area contributed by atoms with Crippen LogP contribution in [-0.4, -0.2) is 11.1 Å². The maximum absolute atomic E-state index is 10.7. The van der Waals surface area contributed by atoms with Gasteiger partial charge in [-0.15, -0.1) is 11.3 Å². The zero-order chi connectivity index (χ0) is 11.0. The second-order valence-corrected chi connectivity index (χ2v) is 5.68. The molecule has 82 valence electrons. The van der Waals surface area contributed by atoms with Crippen LogP contribution in [-0.2, 0) is 11.2 Å². The lowest BCUT2D eigenvalue weighted by molar-refractivity contribution is -0.137. The van der Waals surface area contributed by atoms with Crippen molar-refractivity contribution < 1.29 is 9.90 Å². The molecule has 1 aliphatic carbocycles. The fourth-order valence-electron chi connectivity index (χ4n) is 2.17. The number of rotatable bonds is 3. The van der Waals surface area contributed by atoms with Gasteiger partial charge in [0.2, 0.25) is 0 Å². The summed E-state index contributed by atoms with van der Waals surface area (Å²) in [4.78, 5) is 13.5. The third-order valence-electron chi connectivity index (χ3n) is 3.01. The van der Waals surface area contributed by atoms with Gasteiger partial charge >= 0.3 is 5.97 Å². The Morgan fingerprint density at radius 2 is 2.40 bits per heavy atom. The molecular formula is C12H16O2S. The van der Waals surface area contributed by atoms with Crippen LogP contribution in [0.15, 0.2) is 6.07 Å². The van der Waals surface area contributed by atoms with Gasteiger partial charge in [0.15, 0.2) is 0 Å². The lowest BCUT2D eigenvalue weighted by Crippen LogP contribution is -2.02. The molecule has 0 aliphatic heterocycles. The van der Waals surface area contributed by atoms with Crippen LogP contribution in [0.2, 0.25) is 0 Å². The molecule has 1 aromatic heterocycles. The molecule has 15 heavy (non-hydrogen) atoms. The highest BCUT2D eigenvalue weighted by molar-refractivity contribution is 7.12. The Morgan fingerprint density at radius 3 is 3.00 bits per heavy atom. The molecule has 0 aromatic carbocycles. The number of carboxylic acids is 1. The van der Waals surface area contributed by atoms with Crippen molar-refractivity contribution in [2.75, 3.05) is 0 Å². The first-order valence-electron chi connectivity index (χ1n) is 5.42. The number of hydrogen-bond donors (Lipinski definition) is 1. The van der Waals surface area contributed by atoms with Crippen LogP contribution in [0.1, 0.15) is 53.8 Å². The van der Waals surface area contributed by atoms with Gasteiger partial charge in [0, 0.05) is 9.75 Å². The summed E-state index contributed by atoms with van der Waals surface area (Å²) >= 11 is 1.87. The van der Waals surface area contributed by atoms with Crippen molar-refractivity contribution in [1.29, 1.82) is 0 Å². The van der Waals surface area contributed by atoms with Gasteiger partial charge in [0.05, 0.1) is 6.42 Å². The Morgan fingerprint density at radius 1 is 1.67 bits per heavy atom. The van der Waals surface area contributed by atoms with Gasteiger partial charge in [-0.1, -0.05) is 13.8 Å². The van der Waals surface area contributed by atoms with E-state index in [9.17, 15) is 4.79 Å². The third-order valence-corrected chi connectivity index (χ3v) is 4.52. The molecule has 1 unspecified atom stereocenters. The highest BCUT2D eigenvalue weighted by atomic mass is 32.1. The zero-order valence-electron chi connectivity index (χ0n) is 9.12. The summed E-state index contributed by atoms with van der Waals surface area (Å²) in [6.45, 7) is 4.38. The number of aliphatic carboxylic acids is 1. The van der Waals surface area contributed by atoms with Gasteiger partial charge in [-0.2, -0.15) is 0 Å². The van der Waals surface area contributed by atoms with Crippen LogP contribution in [0.5, 0.6) is 0 Å². The number of hydrogen-bond acceptors (Lipinski definition) is 2. The highest BCUT2D eigenvalue weighted by Gasteiger charge is 2.27. The standard InChI is InChI=1S/C12H16O2S/c1-7(2)11-6-9-8(5-12(13)14)3-4-10(9)15-11/h6-8H,3-5H2,1-2H3,(H,13,14). The highest BCUT2D eigenvalue weighted by Crippen LogP contribution is 2.42. The normalized spacial score (nSPS) is 19.5. The van der Waals surface area contributed by atoms with E-state index in [1.807, 2.05) is 11.3 Å². The Balaban J connectivity index is 2.22. The molecule has 0 bridgehead atoms. The van der Waals surface area contributed by atoms with E-state index in [1.54, 1.807) is 0 Å². The van der Waals surface area contributed by atoms with Crippen molar-refractivity contribution in [1.82, 2.24) is 0 Å². The summed E-state index contributed by atoms with van der Waals surface area (Å²) in [5, 5.41) is 8.82. The van der Waals surface area contributed by atoms with Gasteiger partial charge in [-0.05, 0) is 36.3 Å². The number of carboxylic acid groups (broad SMARTS) is 1. The van der Waals surface area contributed by atoms with E-state index >= 15 is 0 Å². The maximum atomic E-state index is 10.7. The van der Waals surface area contributed by atoms with Crippen molar-refractivity contribution in [3.63, 3.8) is 0 Å². The van der Waals surface area contributed by atoms with Crippen LogP contribution in [0, 0.1) is 0 Å². The van der Waals surface area contributed by atoms with E-state index in [-0.39, 0.29) is 5.92 Å². The van der Waals surface area contributed by atoms with E-state index in [0.29, 0.717) is 12.3 Å². The quantitative estimate of drug-likeness (QED) is 0.854. The van der Waals surface area contributed by atoms with Gasteiger partial charge < -0.3 is 5.11 Å². The van der Waals surface area contributed by atoms with Crippen molar-refractivity contribution in [2.45, 2.75) is 44.9 Å². The Kier molecular flexibility index (Phi) is 2.83. The Labute approximate surface area is 93.9 Å². The molecule has 0 amide bonds. The summed E-state index contributed by atoms with van der Waals surface area (Å²) in [6.07, 6.45) is 2.39. The molecule has 3 heteroatoms. The predicted octanol–water partition coefficient (Wildman–Crippen LogP) is 3.38. The maximum Gasteiger partial charge on any atom is 0.303 e. The fraction of sp³-hybridized carbons (Fsp3) is 0.583. The molecule has 0 fully saturated rings. The molecule has 0 spiro atoms. The van der Waals surface area contributed by atoms with Crippen LogP contribution in [0.25, 0.3) is 0 Å². The van der Waals surface area contributed by atoms with Gasteiger partial charge in [-0.25, -0.2) is 0 Å². The monoisotopic (exact) mass is 224 g/mol. The topological polar surface area (TPSA) is 37.3 Å². The lowest BCUT2D eigenvalue weighted by atomic mass is 9.99. The van der Waals surface area contributed by atoms with Crippen molar-refractivity contribution in [3.8, 4) is 0 Å². The molecule has 1 heterocycles. The summed E-state index contributed by atoms with van der Waals surface area (Å²) in [5.74, 6) is 0.150. The molecule has 1 atom stereocenters. The third kappa shape index (κ3) is 2.07. The van der Waals surface area contributed by atoms with E-state index in [2.05, 4.69) is 19.9 Å². The molecule has 2 nitrogen and oxygen atoms in total. The number of carbonyl (C=O) groups is 1.